The largest absolute Gasteiger partial charge is 0.490 e. The molecule has 0 heterocycles. The first-order valence-corrected chi connectivity index (χ1v) is 11.3. The van der Waals surface area contributed by atoms with Crippen molar-refractivity contribution in [3.05, 3.63) is 70.8 Å². The van der Waals surface area contributed by atoms with E-state index in [4.69, 9.17) is 19.0 Å². The van der Waals surface area contributed by atoms with Crippen LogP contribution in [0.4, 0.5) is 0 Å². The van der Waals surface area contributed by atoms with Crippen molar-refractivity contribution in [1.29, 1.82) is 0 Å². The third kappa shape index (κ3) is 6.60. The van der Waals surface area contributed by atoms with Crippen molar-refractivity contribution in [2.45, 2.75) is 65.8 Å². The molecule has 2 aromatic rings. The third-order valence-corrected chi connectivity index (χ3v) is 5.72. The summed E-state index contributed by atoms with van der Waals surface area (Å²) in [4.78, 5) is 4.84. The molecule has 0 bridgehead atoms. The van der Waals surface area contributed by atoms with E-state index in [2.05, 4.69) is 55.4 Å². The fourth-order valence-corrected chi connectivity index (χ4v) is 3.99. The fraction of sp³-hybridized carbons (Fsp3) is 0.444. The number of hydrogen-bond donors (Lipinski definition) is 0. The summed E-state index contributed by atoms with van der Waals surface area (Å²) in [7, 11) is 1.56. The Morgan fingerprint density at radius 3 is 2.41 bits per heavy atom. The zero-order chi connectivity index (χ0) is 22.9. The van der Waals surface area contributed by atoms with Gasteiger partial charge in [0.15, 0.2) is 0 Å². The number of rotatable bonds is 10. The summed E-state index contributed by atoms with van der Waals surface area (Å²) >= 11 is 0. The number of oxime groups is 1. The summed E-state index contributed by atoms with van der Waals surface area (Å²) < 4.78 is 18.3. The molecule has 1 aliphatic rings. The minimum Gasteiger partial charge on any atom is -0.490 e. The van der Waals surface area contributed by atoms with Gasteiger partial charge in [0.2, 0.25) is 0 Å². The summed E-state index contributed by atoms with van der Waals surface area (Å²) in [5.41, 5.74) is 5.28. The molecule has 0 spiro atoms. The van der Waals surface area contributed by atoms with Crippen molar-refractivity contribution >= 4 is 5.71 Å². The number of ether oxygens (including phenoxy) is 3. The molecular weight excluding hydrogens is 402 g/mol. The number of benzene rings is 2. The summed E-state index contributed by atoms with van der Waals surface area (Å²) in [6.45, 7) is 9.27. The van der Waals surface area contributed by atoms with Crippen molar-refractivity contribution < 1.29 is 19.0 Å². The number of allylic oxidation sites excluding steroid dienone is 1. The molecule has 0 aromatic heterocycles. The highest BCUT2D eigenvalue weighted by Gasteiger charge is 2.27. The predicted octanol–water partition coefficient (Wildman–Crippen LogP) is 6.15. The van der Waals surface area contributed by atoms with Crippen LogP contribution in [0.15, 0.2) is 53.7 Å². The molecular formula is C27H35NO4. The lowest BCUT2D eigenvalue weighted by Gasteiger charge is -2.19. The Bertz CT molecular complexity index is 910. The highest BCUT2D eigenvalue weighted by molar-refractivity contribution is 5.98. The molecule has 1 aliphatic carbocycles. The van der Waals surface area contributed by atoms with Gasteiger partial charge in [0, 0.05) is 6.42 Å². The van der Waals surface area contributed by atoms with Gasteiger partial charge in [-0.05, 0) is 74.9 Å². The molecule has 1 fully saturated rings. The second-order valence-corrected chi connectivity index (χ2v) is 8.31. The molecule has 0 amide bonds. The SMILES string of the molecule is C/C=C/COc1cc(C)c(OC2CCC(OCc3ccc(/C(C)=N/OC)cc3)C2)c(C)c1. The zero-order valence-electron chi connectivity index (χ0n) is 19.9. The minimum atomic E-state index is 0.183. The Labute approximate surface area is 192 Å². The average molecular weight is 438 g/mol. The van der Waals surface area contributed by atoms with E-state index in [1.165, 1.54) is 0 Å². The monoisotopic (exact) mass is 437 g/mol. The van der Waals surface area contributed by atoms with E-state index >= 15 is 0 Å². The lowest BCUT2D eigenvalue weighted by Crippen LogP contribution is -2.16. The molecule has 0 radical (unpaired) electrons. The maximum absolute atomic E-state index is 6.39. The van der Waals surface area contributed by atoms with Crippen molar-refractivity contribution in [2.24, 2.45) is 5.16 Å². The van der Waals surface area contributed by atoms with Crippen LogP contribution in [-0.4, -0.2) is 31.6 Å². The van der Waals surface area contributed by atoms with E-state index in [0.717, 1.165) is 58.7 Å². The lowest BCUT2D eigenvalue weighted by molar-refractivity contribution is 0.0377. The molecule has 0 saturated heterocycles. The van der Waals surface area contributed by atoms with Crippen LogP contribution in [0.3, 0.4) is 0 Å². The Morgan fingerprint density at radius 2 is 1.75 bits per heavy atom. The first-order chi connectivity index (χ1) is 15.5. The van der Waals surface area contributed by atoms with Crippen LogP contribution in [0.2, 0.25) is 0 Å². The highest BCUT2D eigenvalue weighted by Crippen LogP contribution is 2.33. The normalized spacial score (nSPS) is 18.8. The molecule has 32 heavy (non-hydrogen) atoms. The number of aryl methyl sites for hydroxylation is 2. The summed E-state index contributed by atoms with van der Waals surface area (Å²) in [5.74, 6) is 1.85. The smallest absolute Gasteiger partial charge is 0.125 e. The molecule has 5 heteroatoms. The van der Waals surface area contributed by atoms with Gasteiger partial charge in [0.05, 0.1) is 18.4 Å². The first-order valence-electron chi connectivity index (χ1n) is 11.3. The third-order valence-electron chi connectivity index (χ3n) is 5.72. The maximum Gasteiger partial charge on any atom is 0.125 e. The van der Waals surface area contributed by atoms with E-state index < -0.39 is 0 Å². The van der Waals surface area contributed by atoms with Gasteiger partial charge in [-0.2, -0.15) is 0 Å². The second kappa shape index (κ2) is 11.7. The van der Waals surface area contributed by atoms with Crippen molar-refractivity contribution in [2.75, 3.05) is 13.7 Å². The molecule has 3 rings (SSSR count). The van der Waals surface area contributed by atoms with Crippen molar-refractivity contribution in [1.82, 2.24) is 0 Å². The van der Waals surface area contributed by atoms with Gasteiger partial charge in [0.1, 0.15) is 31.3 Å². The molecule has 0 aliphatic heterocycles. The highest BCUT2D eigenvalue weighted by atomic mass is 16.6. The van der Waals surface area contributed by atoms with E-state index in [0.29, 0.717) is 13.2 Å². The van der Waals surface area contributed by atoms with Gasteiger partial charge in [-0.1, -0.05) is 41.6 Å². The van der Waals surface area contributed by atoms with Crippen LogP contribution in [0, 0.1) is 13.8 Å². The van der Waals surface area contributed by atoms with Gasteiger partial charge in [-0.15, -0.1) is 0 Å². The Morgan fingerprint density at radius 1 is 1.06 bits per heavy atom. The van der Waals surface area contributed by atoms with E-state index in [9.17, 15) is 0 Å². The molecule has 172 valence electrons. The summed E-state index contributed by atoms with van der Waals surface area (Å²) in [5, 5.41) is 3.97. The molecule has 5 nitrogen and oxygen atoms in total. The van der Waals surface area contributed by atoms with Gasteiger partial charge < -0.3 is 19.0 Å². The van der Waals surface area contributed by atoms with E-state index in [-0.39, 0.29) is 12.2 Å². The Balaban J connectivity index is 1.50. The van der Waals surface area contributed by atoms with Gasteiger partial charge in [-0.25, -0.2) is 0 Å². The van der Waals surface area contributed by atoms with Gasteiger partial charge >= 0.3 is 0 Å². The molecule has 2 unspecified atom stereocenters. The van der Waals surface area contributed by atoms with Crippen molar-refractivity contribution in [3.8, 4) is 11.5 Å². The molecule has 2 atom stereocenters. The van der Waals surface area contributed by atoms with Gasteiger partial charge in [0.25, 0.3) is 0 Å². The van der Waals surface area contributed by atoms with Crippen molar-refractivity contribution in [3.63, 3.8) is 0 Å². The van der Waals surface area contributed by atoms with Crippen LogP contribution >= 0.6 is 0 Å². The van der Waals surface area contributed by atoms with Crippen LogP contribution in [0.1, 0.15) is 55.4 Å². The summed E-state index contributed by atoms with van der Waals surface area (Å²) in [6, 6.07) is 12.4. The fourth-order valence-electron chi connectivity index (χ4n) is 3.99. The number of nitrogens with zero attached hydrogens (tertiary/aromatic N) is 1. The quantitative estimate of drug-likeness (QED) is 0.254. The predicted molar refractivity (Wildman–Crippen MR) is 129 cm³/mol. The molecule has 0 N–H and O–H groups in total. The molecule has 2 aromatic carbocycles. The standard InChI is InChI=1S/C27H35NO4/c1-6-7-14-30-26-15-19(2)27(20(3)16-26)32-25-13-12-24(17-25)31-18-22-8-10-23(11-9-22)21(4)28-29-5/h6-11,15-16,24-25H,12-14,17-18H2,1-5H3/b7-6+,28-21+. The van der Waals surface area contributed by atoms with E-state index in [1.807, 2.05) is 26.0 Å². The van der Waals surface area contributed by atoms with Crippen LogP contribution in [0.5, 0.6) is 11.5 Å². The average Bonchev–Trinajstić information content (AvgIpc) is 3.23. The zero-order valence-corrected chi connectivity index (χ0v) is 19.9. The van der Waals surface area contributed by atoms with Gasteiger partial charge in [-0.3, -0.25) is 0 Å². The topological polar surface area (TPSA) is 49.3 Å². The van der Waals surface area contributed by atoms with Crippen LogP contribution in [0.25, 0.3) is 0 Å². The lowest BCUT2D eigenvalue weighted by atomic mass is 10.1. The maximum atomic E-state index is 6.39. The van der Waals surface area contributed by atoms with Crippen LogP contribution < -0.4 is 9.47 Å². The minimum absolute atomic E-state index is 0.183. The Hall–Kier alpha value is -2.79. The number of hydrogen-bond acceptors (Lipinski definition) is 5. The second-order valence-electron chi connectivity index (χ2n) is 8.31. The Kier molecular flexibility index (Phi) is 8.74. The molecule has 1 saturated carbocycles. The van der Waals surface area contributed by atoms with Crippen LogP contribution in [-0.2, 0) is 16.2 Å². The first kappa shape index (κ1) is 23.9. The summed E-state index contributed by atoms with van der Waals surface area (Å²) in [6.07, 6.45) is 7.33. The van der Waals surface area contributed by atoms with E-state index in [1.54, 1.807) is 7.11 Å².